The average Bonchev–Trinajstić information content (AvgIpc) is 3.09. The molecule has 0 aliphatic carbocycles. The number of hydrogen-bond acceptors (Lipinski definition) is 4. The van der Waals surface area contributed by atoms with Crippen LogP contribution in [0.5, 0.6) is 0 Å². The molecule has 0 fully saturated rings. The highest BCUT2D eigenvalue weighted by Crippen LogP contribution is 2.33. The van der Waals surface area contributed by atoms with Crippen LogP contribution in [0.3, 0.4) is 0 Å². The molecule has 29 heavy (non-hydrogen) atoms. The molecule has 5 nitrogen and oxygen atoms in total. The molecule has 2 aromatic carbocycles. The van der Waals surface area contributed by atoms with Gasteiger partial charge in [-0.1, -0.05) is 36.4 Å². The van der Waals surface area contributed by atoms with Crippen molar-refractivity contribution in [3.63, 3.8) is 0 Å². The molecule has 3 heterocycles. The van der Waals surface area contributed by atoms with Crippen molar-refractivity contribution in [2.45, 2.75) is 19.4 Å². The number of para-hydroxylation sites is 2. The third-order valence-electron chi connectivity index (χ3n) is 5.32. The highest BCUT2D eigenvalue weighted by atomic mass is 16.2. The fourth-order valence-electron chi connectivity index (χ4n) is 3.98. The molecule has 0 bridgehead atoms. The van der Waals surface area contributed by atoms with Gasteiger partial charge in [-0.2, -0.15) is 0 Å². The largest absolute Gasteiger partial charge is 0.354 e. The third kappa shape index (κ3) is 3.10. The molecule has 1 aliphatic rings. The first-order chi connectivity index (χ1) is 14.2. The molecule has 0 saturated heterocycles. The van der Waals surface area contributed by atoms with Gasteiger partial charge in [0.2, 0.25) is 0 Å². The summed E-state index contributed by atoms with van der Waals surface area (Å²) in [6.07, 6.45) is 4.31. The number of benzene rings is 2. The number of rotatable bonds is 3. The predicted molar refractivity (Wildman–Crippen MR) is 116 cm³/mol. The van der Waals surface area contributed by atoms with E-state index in [1.54, 1.807) is 18.5 Å². The molecule has 5 heteroatoms. The van der Waals surface area contributed by atoms with Gasteiger partial charge in [0.1, 0.15) is 5.69 Å². The topological polar surface area (TPSA) is 58.1 Å². The molecule has 1 atom stereocenters. The van der Waals surface area contributed by atoms with Gasteiger partial charge in [0, 0.05) is 35.2 Å². The van der Waals surface area contributed by atoms with Crippen LogP contribution in [0.4, 0.5) is 17.1 Å². The zero-order chi connectivity index (χ0) is 19.8. The molecule has 1 amide bonds. The zero-order valence-corrected chi connectivity index (χ0v) is 16.0. The highest BCUT2D eigenvalue weighted by Gasteiger charge is 2.31. The van der Waals surface area contributed by atoms with E-state index < -0.39 is 0 Å². The number of aromatic nitrogens is 2. The minimum atomic E-state index is -0.0813. The molecule has 1 N–H and O–H groups in total. The maximum atomic E-state index is 13.3. The van der Waals surface area contributed by atoms with Crippen LogP contribution in [0.15, 0.2) is 79.1 Å². The SMILES string of the molecule is CC1Cc2ccccc2N1C(=O)c1cc(Nc2cccc3cccnc23)ccn1. The molecule has 0 radical (unpaired) electrons. The zero-order valence-electron chi connectivity index (χ0n) is 16.0. The molecule has 4 aromatic rings. The third-order valence-corrected chi connectivity index (χ3v) is 5.32. The van der Waals surface area contributed by atoms with Crippen molar-refractivity contribution in [1.82, 2.24) is 9.97 Å². The number of anilines is 3. The van der Waals surface area contributed by atoms with Gasteiger partial charge in [0.05, 0.1) is 11.2 Å². The Morgan fingerprint density at radius 2 is 1.86 bits per heavy atom. The van der Waals surface area contributed by atoms with Crippen LogP contribution in [-0.2, 0) is 6.42 Å². The Kier molecular flexibility index (Phi) is 4.21. The van der Waals surface area contributed by atoms with Crippen LogP contribution in [0.2, 0.25) is 0 Å². The Morgan fingerprint density at radius 1 is 1.00 bits per heavy atom. The monoisotopic (exact) mass is 380 g/mol. The Labute approximate surface area is 169 Å². The summed E-state index contributed by atoms with van der Waals surface area (Å²) in [5, 5.41) is 4.45. The number of nitrogens with one attached hydrogen (secondary N) is 1. The lowest BCUT2D eigenvalue weighted by molar-refractivity contribution is 0.0976. The van der Waals surface area contributed by atoms with Gasteiger partial charge in [-0.05, 0) is 49.2 Å². The summed E-state index contributed by atoms with van der Waals surface area (Å²) in [4.78, 5) is 23.9. The Morgan fingerprint density at radius 3 is 2.79 bits per heavy atom. The van der Waals surface area contributed by atoms with Crippen molar-refractivity contribution in [2.75, 3.05) is 10.2 Å². The molecule has 1 unspecified atom stereocenters. The summed E-state index contributed by atoms with van der Waals surface area (Å²) in [5.74, 6) is -0.0813. The van der Waals surface area contributed by atoms with Gasteiger partial charge in [0.25, 0.3) is 5.91 Å². The van der Waals surface area contributed by atoms with Gasteiger partial charge in [0.15, 0.2) is 0 Å². The standard InChI is InChI=1S/C24H20N4O/c1-16-14-18-6-2-3-10-22(18)28(16)24(29)21-15-19(11-13-25-21)27-20-9-4-7-17-8-5-12-26-23(17)20/h2-13,15-16H,14H2,1H3,(H,25,27). The van der Waals surface area contributed by atoms with E-state index in [0.717, 1.165) is 34.4 Å². The summed E-state index contributed by atoms with van der Waals surface area (Å²) in [6, 6.07) is 21.8. The Hall–Kier alpha value is -3.73. The smallest absolute Gasteiger partial charge is 0.277 e. The van der Waals surface area contributed by atoms with Crippen LogP contribution in [-0.4, -0.2) is 21.9 Å². The predicted octanol–water partition coefficient (Wildman–Crippen LogP) is 4.96. The molecule has 0 spiro atoms. The number of fused-ring (bicyclic) bond motifs is 2. The van der Waals surface area contributed by atoms with E-state index in [-0.39, 0.29) is 11.9 Å². The van der Waals surface area contributed by atoms with Gasteiger partial charge in [-0.3, -0.25) is 14.8 Å². The second-order valence-electron chi connectivity index (χ2n) is 7.29. The lowest BCUT2D eigenvalue weighted by Crippen LogP contribution is -2.36. The molecular formula is C24H20N4O. The maximum absolute atomic E-state index is 13.3. The van der Waals surface area contributed by atoms with Crippen LogP contribution >= 0.6 is 0 Å². The molecule has 142 valence electrons. The van der Waals surface area contributed by atoms with Crippen molar-refractivity contribution < 1.29 is 4.79 Å². The Balaban J connectivity index is 1.46. The fourth-order valence-corrected chi connectivity index (χ4v) is 3.98. The summed E-state index contributed by atoms with van der Waals surface area (Å²) < 4.78 is 0. The van der Waals surface area contributed by atoms with Gasteiger partial charge in [-0.15, -0.1) is 0 Å². The second kappa shape index (κ2) is 7.02. The average molecular weight is 380 g/mol. The first-order valence-corrected chi connectivity index (χ1v) is 9.69. The van der Waals surface area contributed by atoms with Gasteiger partial charge >= 0.3 is 0 Å². The maximum Gasteiger partial charge on any atom is 0.277 e. The molecular weight excluding hydrogens is 360 g/mol. The van der Waals surface area contributed by atoms with Gasteiger partial charge in [-0.25, -0.2) is 0 Å². The van der Waals surface area contributed by atoms with E-state index in [2.05, 4.69) is 28.3 Å². The summed E-state index contributed by atoms with van der Waals surface area (Å²) >= 11 is 0. The highest BCUT2D eigenvalue weighted by molar-refractivity contribution is 6.07. The number of hydrogen-bond donors (Lipinski definition) is 1. The van der Waals surface area contributed by atoms with E-state index in [4.69, 9.17) is 0 Å². The van der Waals surface area contributed by atoms with Crippen molar-refractivity contribution in [3.05, 3.63) is 90.4 Å². The number of nitrogens with zero attached hydrogens (tertiary/aromatic N) is 3. The minimum Gasteiger partial charge on any atom is -0.354 e. The summed E-state index contributed by atoms with van der Waals surface area (Å²) in [6.45, 7) is 2.07. The molecule has 2 aromatic heterocycles. The van der Waals surface area contributed by atoms with Crippen LogP contribution < -0.4 is 10.2 Å². The summed E-state index contributed by atoms with van der Waals surface area (Å²) in [7, 11) is 0. The minimum absolute atomic E-state index is 0.0813. The first-order valence-electron chi connectivity index (χ1n) is 9.69. The molecule has 1 aliphatic heterocycles. The quantitative estimate of drug-likeness (QED) is 0.545. The molecule has 5 rings (SSSR count). The first kappa shape index (κ1) is 17.4. The molecule has 0 saturated carbocycles. The summed E-state index contributed by atoms with van der Waals surface area (Å²) in [5.41, 5.74) is 5.19. The van der Waals surface area contributed by atoms with Crippen LogP contribution in [0.25, 0.3) is 10.9 Å². The normalized spacial score (nSPS) is 15.3. The Bertz CT molecular complexity index is 1210. The van der Waals surface area contributed by atoms with Crippen molar-refractivity contribution in [3.8, 4) is 0 Å². The van der Waals surface area contributed by atoms with Gasteiger partial charge < -0.3 is 10.2 Å². The van der Waals surface area contributed by atoms with E-state index in [9.17, 15) is 4.79 Å². The lowest BCUT2D eigenvalue weighted by Gasteiger charge is -2.22. The van der Waals surface area contributed by atoms with Crippen molar-refractivity contribution in [1.29, 1.82) is 0 Å². The number of amides is 1. The van der Waals surface area contributed by atoms with E-state index in [1.807, 2.05) is 59.5 Å². The lowest BCUT2D eigenvalue weighted by atomic mass is 10.1. The van der Waals surface area contributed by atoms with E-state index >= 15 is 0 Å². The van der Waals surface area contributed by atoms with E-state index in [0.29, 0.717) is 5.69 Å². The number of carbonyl (C=O) groups excluding carboxylic acids is 1. The number of carbonyl (C=O) groups is 1. The second-order valence-corrected chi connectivity index (χ2v) is 7.29. The fraction of sp³-hybridized carbons (Fsp3) is 0.125. The van der Waals surface area contributed by atoms with Crippen molar-refractivity contribution >= 4 is 33.9 Å². The number of pyridine rings is 2. The van der Waals surface area contributed by atoms with E-state index in [1.165, 1.54) is 5.56 Å². The van der Waals surface area contributed by atoms with Crippen LogP contribution in [0.1, 0.15) is 23.0 Å². The van der Waals surface area contributed by atoms with Crippen molar-refractivity contribution in [2.24, 2.45) is 0 Å². The van der Waals surface area contributed by atoms with Crippen LogP contribution in [0, 0.1) is 0 Å².